The first-order valence-electron chi connectivity index (χ1n) is 4.66. The first-order chi connectivity index (χ1) is 6.38. The number of hydrogen-bond acceptors (Lipinski definition) is 1. The lowest BCUT2D eigenvalue weighted by molar-refractivity contribution is -0.581. The highest BCUT2D eigenvalue weighted by molar-refractivity contribution is 5.64. The number of carbonyl (C=O) groups is 1. The molecule has 68 valence electrons. The van der Waals surface area contributed by atoms with E-state index in [1.165, 1.54) is 0 Å². The molecule has 0 aliphatic carbocycles. The molecule has 0 saturated carbocycles. The number of aryl methyl sites for hydroxylation is 1. The van der Waals surface area contributed by atoms with Crippen molar-refractivity contribution in [3.8, 4) is 0 Å². The number of carbonyl (C=O) groups excluding carboxylic acids is 1. The molecule has 1 amide bonds. The standard InChI is InChI=1S/C10H12N2O/c13-10-11-7-3-1-5-9-6-2-4-8-12(9)10/h2,4,6,8H,1,3,5,7H2/p+1. The molecule has 1 N–H and O–H groups in total. The third kappa shape index (κ3) is 1.69. The predicted octanol–water partition coefficient (Wildman–Crippen LogP) is 0.868. The van der Waals surface area contributed by atoms with Crippen molar-refractivity contribution in [2.24, 2.45) is 0 Å². The van der Waals surface area contributed by atoms with Crippen LogP contribution in [0.15, 0.2) is 24.4 Å². The van der Waals surface area contributed by atoms with Crippen molar-refractivity contribution < 1.29 is 9.36 Å². The van der Waals surface area contributed by atoms with Gasteiger partial charge in [-0.1, -0.05) is 6.07 Å². The maximum Gasteiger partial charge on any atom is 0.495 e. The minimum atomic E-state index is -0.00435. The highest BCUT2D eigenvalue weighted by Gasteiger charge is 2.18. The number of aromatic nitrogens is 1. The molecule has 2 rings (SSSR count). The highest BCUT2D eigenvalue weighted by Crippen LogP contribution is 2.01. The van der Waals surface area contributed by atoms with E-state index in [1.54, 1.807) is 4.57 Å². The normalized spacial score (nSPS) is 16.8. The Balaban J connectivity index is 2.37. The third-order valence-corrected chi connectivity index (χ3v) is 2.30. The van der Waals surface area contributed by atoms with Gasteiger partial charge in [-0.15, -0.1) is 0 Å². The van der Waals surface area contributed by atoms with Crippen molar-refractivity contribution in [1.82, 2.24) is 5.32 Å². The summed E-state index contributed by atoms with van der Waals surface area (Å²) in [6.07, 6.45) is 5.02. The number of fused-ring (bicyclic) bond motifs is 1. The summed E-state index contributed by atoms with van der Waals surface area (Å²) in [7, 11) is 0. The van der Waals surface area contributed by atoms with Crippen molar-refractivity contribution in [1.29, 1.82) is 0 Å². The Kier molecular flexibility index (Phi) is 2.25. The Hall–Kier alpha value is -1.38. The molecule has 0 saturated heterocycles. The average Bonchev–Trinajstić information content (AvgIpc) is 2.14. The van der Waals surface area contributed by atoms with E-state index in [-0.39, 0.29) is 6.03 Å². The number of nitrogens with one attached hydrogen (secondary N) is 1. The van der Waals surface area contributed by atoms with Crippen molar-refractivity contribution >= 4 is 6.03 Å². The van der Waals surface area contributed by atoms with Crippen LogP contribution in [0.5, 0.6) is 0 Å². The van der Waals surface area contributed by atoms with Crippen LogP contribution in [0, 0.1) is 0 Å². The number of amides is 1. The van der Waals surface area contributed by atoms with Crippen LogP contribution in [0.1, 0.15) is 18.5 Å². The van der Waals surface area contributed by atoms with Crippen LogP contribution < -0.4 is 9.88 Å². The number of nitrogens with zero attached hydrogens (tertiary/aromatic N) is 1. The van der Waals surface area contributed by atoms with E-state index in [2.05, 4.69) is 5.32 Å². The third-order valence-electron chi connectivity index (χ3n) is 2.30. The second kappa shape index (κ2) is 3.56. The average molecular weight is 177 g/mol. The van der Waals surface area contributed by atoms with Gasteiger partial charge in [-0.05, 0) is 25.0 Å². The van der Waals surface area contributed by atoms with Crippen LogP contribution in [-0.2, 0) is 6.42 Å². The van der Waals surface area contributed by atoms with Crippen LogP contribution >= 0.6 is 0 Å². The van der Waals surface area contributed by atoms with Gasteiger partial charge in [0.2, 0.25) is 0 Å². The Labute approximate surface area is 77.4 Å². The van der Waals surface area contributed by atoms with Gasteiger partial charge < -0.3 is 0 Å². The second-order valence-corrected chi connectivity index (χ2v) is 3.25. The molecule has 1 aromatic rings. The Morgan fingerprint density at radius 2 is 2.23 bits per heavy atom. The van der Waals surface area contributed by atoms with Gasteiger partial charge in [0.1, 0.15) is 5.69 Å². The van der Waals surface area contributed by atoms with Gasteiger partial charge >= 0.3 is 6.03 Å². The summed E-state index contributed by atoms with van der Waals surface area (Å²) in [5.74, 6) is 0. The fraction of sp³-hybridized carbons (Fsp3) is 0.400. The van der Waals surface area contributed by atoms with Crippen molar-refractivity contribution in [3.05, 3.63) is 30.1 Å². The minimum absolute atomic E-state index is 0.00435. The monoisotopic (exact) mass is 177 g/mol. The quantitative estimate of drug-likeness (QED) is 0.586. The summed E-state index contributed by atoms with van der Waals surface area (Å²) in [6, 6.07) is 5.85. The molecule has 0 aromatic carbocycles. The van der Waals surface area contributed by atoms with Gasteiger partial charge in [0.15, 0.2) is 0 Å². The van der Waals surface area contributed by atoms with E-state index >= 15 is 0 Å². The van der Waals surface area contributed by atoms with E-state index in [0.29, 0.717) is 0 Å². The van der Waals surface area contributed by atoms with E-state index < -0.39 is 0 Å². The summed E-state index contributed by atoms with van der Waals surface area (Å²) in [4.78, 5) is 11.5. The summed E-state index contributed by atoms with van der Waals surface area (Å²) in [6.45, 7) is 0.792. The van der Waals surface area contributed by atoms with E-state index in [4.69, 9.17) is 0 Å². The van der Waals surface area contributed by atoms with Gasteiger partial charge in [-0.25, -0.2) is 5.32 Å². The van der Waals surface area contributed by atoms with Crippen molar-refractivity contribution in [2.45, 2.75) is 19.3 Å². The van der Waals surface area contributed by atoms with Gasteiger partial charge in [0, 0.05) is 6.42 Å². The molecule has 3 nitrogen and oxygen atoms in total. The molecule has 13 heavy (non-hydrogen) atoms. The highest BCUT2D eigenvalue weighted by atomic mass is 16.2. The molecule has 1 aromatic heterocycles. The predicted molar refractivity (Wildman–Crippen MR) is 48.4 cm³/mol. The number of pyridine rings is 1. The summed E-state index contributed by atoms with van der Waals surface area (Å²) < 4.78 is 1.69. The molecule has 0 radical (unpaired) electrons. The lowest BCUT2D eigenvalue weighted by Gasteiger charge is -2.08. The molecule has 0 fully saturated rings. The first kappa shape index (κ1) is 8.23. The van der Waals surface area contributed by atoms with Crippen LogP contribution in [-0.4, -0.2) is 12.6 Å². The molecular formula is C10H13N2O+. The molecule has 1 aliphatic rings. The fourth-order valence-electron chi connectivity index (χ4n) is 1.59. The minimum Gasteiger partial charge on any atom is -0.238 e. The Morgan fingerprint density at radius 1 is 1.31 bits per heavy atom. The molecule has 0 unspecified atom stereocenters. The van der Waals surface area contributed by atoms with Gasteiger partial charge in [0.25, 0.3) is 0 Å². The van der Waals surface area contributed by atoms with E-state index in [0.717, 1.165) is 31.5 Å². The topological polar surface area (TPSA) is 33.0 Å². The van der Waals surface area contributed by atoms with Crippen LogP contribution in [0.4, 0.5) is 4.79 Å². The summed E-state index contributed by atoms with van der Waals surface area (Å²) >= 11 is 0. The summed E-state index contributed by atoms with van der Waals surface area (Å²) in [5, 5.41) is 2.86. The maximum absolute atomic E-state index is 11.5. The van der Waals surface area contributed by atoms with Crippen molar-refractivity contribution in [2.75, 3.05) is 6.54 Å². The van der Waals surface area contributed by atoms with Crippen LogP contribution in [0.3, 0.4) is 0 Å². The molecule has 1 aliphatic heterocycles. The van der Waals surface area contributed by atoms with E-state index in [1.807, 2.05) is 24.4 Å². The molecule has 0 bridgehead atoms. The number of rotatable bonds is 0. The molecule has 0 atom stereocenters. The smallest absolute Gasteiger partial charge is 0.238 e. The van der Waals surface area contributed by atoms with Gasteiger partial charge in [-0.2, -0.15) is 9.36 Å². The lowest BCUT2D eigenvalue weighted by Crippen LogP contribution is -2.53. The lowest BCUT2D eigenvalue weighted by atomic mass is 10.1. The largest absolute Gasteiger partial charge is 0.495 e. The second-order valence-electron chi connectivity index (χ2n) is 3.25. The fourth-order valence-corrected chi connectivity index (χ4v) is 1.59. The molecule has 2 heterocycles. The van der Waals surface area contributed by atoms with Crippen molar-refractivity contribution in [3.63, 3.8) is 0 Å². The summed E-state index contributed by atoms with van der Waals surface area (Å²) in [5.41, 5.74) is 1.10. The maximum atomic E-state index is 11.5. The molecule has 3 heteroatoms. The van der Waals surface area contributed by atoms with Gasteiger partial charge in [-0.3, -0.25) is 0 Å². The Morgan fingerprint density at radius 3 is 3.15 bits per heavy atom. The van der Waals surface area contributed by atoms with Crippen LogP contribution in [0.25, 0.3) is 0 Å². The van der Waals surface area contributed by atoms with Crippen LogP contribution in [0.2, 0.25) is 0 Å². The zero-order valence-corrected chi connectivity index (χ0v) is 7.49. The zero-order valence-electron chi connectivity index (χ0n) is 7.49. The van der Waals surface area contributed by atoms with E-state index in [9.17, 15) is 4.79 Å². The molecular weight excluding hydrogens is 164 g/mol. The molecule has 0 spiro atoms. The first-order valence-corrected chi connectivity index (χ1v) is 4.66. The Bertz CT molecular complexity index is 322. The number of hydrogen-bond donors (Lipinski definition) is 1. The SMILES string of the molecule is O=C1NCCCCc2cccc[n+]21. The van der Waals surface area contributed by atoms with Gasteiger partial charge in [0.05, 0.1) is 12.7 Å². The zero-order chi connectivity index (χ0) is 9.10.